The number of halogens is 1. The maximum Gasteiger partial charge on any atom is 0.120 e. The number of hydrogen-bond donors (Lipinski definition) is 2. The molecule has 1 unspecified atom stereocenters. The van der Waals surface area contributed by atoms with Gasteiger partial charge in [-0.05, 0) is 47.6 Å². The van der Waals surface area contributed by atoms with Crippen LogP contribution in [0.5, 0.6) is 11.5 Å². The normalized spacial score (nSPS) is 12.6. The molecule has 0 saturated heterocycles. The van der Waals surface area contributed by atoms with Gasteiger partial charge >= 0.3 is 0 Å². The molecule has 112 valence electrons. The topological polar surface area (TPSA) is 40.5 Å². The standard InChI is InChI=1S/C18H21ClO2/c1-11(2)14-10-13(7-8-16(14)20)9-12(3)18-15(19)5-4-6-17(18)21/h4-8,10-12,20-21H,9H2,1-3H3. The lowest BCUT2D eigenvalue weighted by Gasteiger charge is -2.17. The van der Waals surface area contributed by atoms with Crippen LogP contribution < -0.4 is 0 Å². The number of benzene rings is 2. The Balaban J connectivity index is 2.28. The Bertz CT molecular complexity index is 615. The highest BCUT2D eigenvalue weighted by Gasteiger charge is 2.16. The van der Waals surface area contributed by atoms with Gasteiger partial charge in [-0.1, -0.05) is 50.6 Å². The maximum absolute atomic E-state index is 10.0. The van der Waals surface area contributed by atoms with Gasteiger partial charge in [0.05, 0.1) is 0 Å². The van der Waals surface area contributed by atoms with Crippen LogP contribution in [0.2, 0.25) is 5.02 Å². The molecule has 0 heterocycles. The van der Waals surface area contributed by atoms with Gasteiger partial charge in [0.1, 0.15) is 11.5 Å². The minimum Gasteiger partial charge on any atom is -0.508 e. The van der Waals surface area contributed by atoms with Crippen LogP contribution >= 0.6 is 11.6 Å². The predicted molar refractivity (Wildman–Crippen MR) is 87.4 cm³/mol. The van der Waals surface area contributed by atoms with Crippen LogP contribution in [0.3, 0.4) is 0 Å². The fraction of sp³-hybridized carbons (Fsp3) is 0.333. The molecule has 0 aromatic heterocycles. The fourth-order valence-corrected chi connectivity index (χ4v) is 3.02. The average Bonchev–Trinajstić information content (AvgIpc) is 2.40. The molecule has 0 aliphatic heterocycles. The van der Waals surface area contributed by atoms with E-state index < -0.39 is 0 Å². The van der Waals surface area contributed by atoms with E-state index in [-0.39, 0.29) is 17.6 Å². The zero-order valence-electron chi connectivity index (χ0n) is 12.6. The molecule has 0 radical (unpaired) electrons. The molecule has 2 nitrogen and oxygen atoms in total. The molecule has 3 heteroatoms. The number of rotatable bonds is 4. The summed E-state index contributed by atoms with van der Waals surface area (Å²) in [5.41, 5.74) is 2.85. The molecular formula is C18H21ClO2. The average molecular weight is 305 g/mol. The summed E-state index contributed by atoms with van der Waals surface area (Å²) in [6.07, 6.45) is 0.761. The van der Waals surface area contributed by atoms with Crippen molar-refractivity contribution in [1.82, 2.24) is 0 Å². The van der Waals surface area contributed by atoms with Crippen molar-refractivity contribution in [1.29, 1.82) is 0 Å². The van der Waals surface area contributed by atoms with Crippen LogP contribution in [-0.2, 0) is 6.42 Å². The largest absolute Gasteiger partial charge is 0.508 e. The second-order valence-electron chi connectivity index (χ2n) is 5.83. The van der Waals surface area contributed by atoms with Crippen molar-refractivity contribution in [3.63, 3.8) is 0 Å². The van der Waals surface area contributed by atoms with Crippen molar-refractivity contribution >= 4 is 11.6 Å². The van der Waals surface area contributed by atoms with Crippen LogP contribution in [-0.4, -0.2) is 10.2 Å². The summed E-state index contributed by atoms with van der Waals surface area (Å²) < 4.78 is 0. The van der Waals surface area contributed by atoms with Gasteiger partial charge in [-0.2, -0.15) is 0 Å². The Morgan fingerprint density at radius 2 is 1.71 bits per heavy atom. The van der Waals surface area contributed by atoms with Gasteiger partial charge in [0, 0.05) is 10.6 Å². The molecule has 0 aliphatic rings. The second-order valence-corrected chi connectivity index (χ2v) is 6.23. The Hall–Kier alpha value is -1.67. The third-order valence-electron chi connectivity index (χ3n) is 3.78. The smallest absolute Gasteiger partial charge is 0.120 e. The minimum absolute atomic E-state index is 0.100. The molecule has 0 spiro atoms. The van der Waals surface area contributed by atoms with E-state index in [2.05, 4.69) is 13.8 Å². The minimum atomic E-state index is 0.100. The molecule has 21 heavy (non-hydrogen) atoms. The number of phenols is 2. The van der Waals surface area contributed by atoms with Gasteiger partial charge in [-0.3, -0.25) is 0 Å². The highest BCUT2D eigenvalue weighted by Crippen LogP contribution is 2.35. The highest BCUT2D eigenvalue weighted by molar-refractivity contribution is 6.31. The van der Waals surface area contributed by atoms with Gasteiger partial charge in [0.15, 0.2) is 0 Å². The first kappa shape index (κ1) is 15.7. The van der Waals surface area contributed by atoms with E-state index in [0.717, 1.165) is 23.1 Å². The molecule has 2 aromatic rings. The van der Waals surface area contributed by atoms with E-state index >= 15 is 0 Å². The van der Waals surface area contributed by atoms with E-state index in [9.17, 15) is 10.2 Å². The summed E-state index contributed by atoms with van der Waals surface area (Å²) in [6.45, 7) is 6.16. The Morgan fingerprint density at radius 3 is 2.33 bits per heavy atom. The van der Waals surface area contributed by atoms with E-state index in [1.165, 1.54) is 0 Å². The van der Waals surface area contributed by atoms with Gasteiger partial charge < -0.3 is 10.2 Å². The van der Waals surface area contributed by atoms with E-state index in [4.69, 9.17) is 11.6 Å². The van der Waals surface area contributed by atoms with E-state index in [1.807, 2.05) is 19.1 Å². The molecule has 2 N–H and O–H groups in total. The van der Waals surface area contributed by atoms with Crippen molar-refractivity contribution in [2.75, 3.05) is 0 Å². The van der Waals surface area contributed by atoms with Crippen LogP contribution in [0.25, 0.3) is 0 Å². The Labute approximate surface area is 131 Å². The molecule has 1 atom stereocenters. The van der Waals surface area contributed by atoms with Gasteiger partial charge in [-0.25, -0.2) is 0 Å². The quantitative estimate of drug-likeness (QED) is 0.813. The van der Waals surface area contributed by atoms with Crippen LogP contribution in [0, 0.1) is 0 Å². The number of phenolic OH excluding ortho intramolecular Hbond substituents is 2. The van der Waals surface area contributed by atoms with Crippen LogP contribution in [0.1, 0.15) is 49.3 Å². The lowest BCUT2D eigenvalue weighted by Crippen LogP contribution is -2.01. The first-order chi connectivity index (χ1) is 9.90. The highest BCUT2D eigenvalue weighted by atomic mass is 35.5. The summed E-state index contributed by atoms with van der Waals surface area (Å²) >= 11 is 6.20. The first-order valence-electron chi connectivity index (χ1n) is 7.19. The van der Waals surface area contributed by atoms with Crippen LogP contribution in [0.4, 0.5) is 0 Å². The van der Waals surface area contributed by atoms with E-state index in [1.54, 1.807) is 24.3 Å². The van der Waals surface area contributed by atoms with Gasteiger partial charge in [0.2, 0.25) is 0 Å². The Morgan fingerprint density at radius 1 is 1.00 bits per heavy atom. The van der Waals surface area contributed by atoms with Crippen LogP contribution in [0.15, 0.2) is 36.4 Å². The predicted octanol–water partition coefficient (Wildman–Crippen LogP) is 5.22. The summed E-state index contributed by atoms with van der Waals surface area (Å²) in [5.74, 6) is 0.942. The third-order valence-corrected chi connectivity index (χ3v) is 4.11. The summed E-state index contributed by atoms with van der Waals surface area (Å²) in [4.78, 5) is 0. The third kappa shape index (κ3) is 3.51. The molecule has 0 aliphatic carbocycles. The Kier molecular flexibility index (Phi) is 4.79. The SMILES string of the molecule is CC(C)c1cc(CC(C)c2c(O)cccc2Cl)ccc1O. The summed E-state index contributed by atoms with van der Waals surface area (Å²) in [7, 11) is 0. The molecule has 0 bridgehead atoms. The van der Waals surface area contributed by atoms with Crippen molar-refractivity contribution in [3.8, 4) is 11.5 Å². The number of hydrogen-bond acceptors (Lipinski definition) is 2. The zero-order valence-corrected chi connectivity index (χ0v) is 13.4. The summed E-state index contributed by atoms with van der Waals surface area (Å²) in [6, 6.07) is 10.9. The van der Waals surface area contributed by atoms with Crippen molar-refractivity contribution in [2.24, 2.45) is 0 Å². The fourth-order valence-electron chi connectivity index (χ4n) is 2.66. The zero-order chi connectivity index (χ0) is 15.6. The first-order valence-corrected chi connectivity index (χ1v) is 7.57. The maximum atomic E-state index is 10.0. The molecular weight excluding hydrogens is 284 g/mol. The van der Waals surface area contributed by atoms with E-state index in [0.29, 0.717) is 10.8 Å². The number of aromatic hydroxyl groups is 2. The van der Waals surface area contributed by atoms with Crippen molar-refractivity contribution in [2.45, 2.75) is 39.0 Å². The van der Waals surface area contributed by atoms with Crippen molar-refractivity contribution < 1.29 is 10.2 Å². The molecule has 0 fully saturated rings. The van der Waals surface area contributed by atoms with Gasteiger partial charge in [0.25, 0.3) is 0 Å². The second kappa shape index (κ2) is 6.40. The molecule has 0 amide bonds. The van der Waals surface area contributed by atoms with Gasteiger partial charge in [-0.15, -0.1) is 0 Å². The lowest BCUT2D eigenvalue weighted by atomic mass is 9.90. The monoisotopic (exact) mass is 304 g/mol. The molecule has 2 aromatic carbocycles. The summed E-state index contributed by atoms with van der Waals surface area (Å²) in [5, 5.41) is 20.5. The lowest BCUT2D eigenvalue weighted by molar-refractivity contribution is 0.461. The van der Waals surface area contributed by atoms with Crippen molar-refractivity contribution in [3.05, 3.63) is 58.1 Å². The molecule has 2 rings (SSSR count). The molecule has 0 saturated carbocycles.